The van der Waals surface area contributed by atoms with E-state index in [1.165, 1.54) is 0 Å². The van der Waals surface area contributed by atoms with Gasteiger partial charge in [0.05, 0.1) is 5.41 Å². The maximum absolute atomic E-state index is 12.8. The van der Waals surface area contributed by atoms with Crippen LogP contribution in [-0.2, 0) is 10.2 Å². The molecule has 0 bridgehead atoms. The van der Waals surface area contributed by atoms with Crippen molar-refractivity contribution in [3.63, 3.8) is 0 Å². The second-order valence-electron chi connectivity index (χ2n) is 5.30. The normalized spacial score (nSPS) is 17.4. The van der Waals surface area contributed by atoms with Crippen LogP contribution in [0.1, 0.15) is 24.2 Å². The Morgan fingerprint density at radius 3 is 2.62 bits per heavy atom. The van der Waals surface area contributed by atoms with Gasteiger partial charge in [0.1, 0.15) is 0 Å². The van der Waals surface area contributed by atoms with Gasteiger partial charge >= 0.3 is 6.01 Å². The molecule has 110 valence electrons. The van der Waals surface area contributed by atoms with E-state index in [0.29, 0.717) is 5.82 Å². The predicted octanol–water partition coefficient (Wildman–Crippen LogP) is 1.64. The van der Waals surface area contributed by atoms with Crippen LogP contribution in [0.25, 0.3) is 0 Å². The number of aromatic nitrogens is 2. The Hall–Kier alpha value is -2.21. The fourth-order valence-corrected chi connectivity index (χ4v) is 2.82. The number of nitrogens with zero attached hydrogens (tertiary/aromatic N) is 2. The fourth-order valence-electron chi connectivity index (χ4n) is 2.82. The Morgan fingerprint density at radius 2 is 2.00 bits per heavy atom. The number of rotatable bonds is 3. The summed E-state index contributed by atoms with van der Waals surface area (Å²) in [5, 5.41) is 9.76. The van der Waals surface area contributed by atoms with Crippen molar-refractivity contribution in [3.8, 4) is 0 Å². The maximum atomic E-state index is 12.8. The summed E-state index contributed by atoms with van der Waals surface area (Å²) >= 11 is 0. The summed E-state index contributed by atoms with van der Waals surface area (Å²) in [6.45, 7) is 3.34. The molecule has 1 aliphatic rings. The van der Waals surface area contributed by atoms with Gasteiger partial charge in [-0.1, -0.05) is 35.5 Å². The van der Waals surface area contributed by atoms with Crippen LogP contribution in [0.2, 0.25) is 0 Å². The van der Waals surface area contributed by atoms with Crippen molar-refractivity contribution in [2.45, 2.75) is 25.2 Å². The summed E-state index contributed by atoms with van der Waals surface area (Å²) in [5.41, 5.74) is 0.481. The molecule has 0 saturated carbocycles. The van der Waals surface area contributed by atoms with E-state index < -0.39 is 5.41 Å². The molecule has 3 rings (SSSR count). The lowest BCUT2D eigenvalue weighted by molar-refractivity contribution is -0.122. The lowest BCUT2D eigenvalue weighted by atomic mass is 9.72. The van der Waals surface area contributed by atoms with Gasteiger partial charge in [-0.3, -0.25) is 10.1 Å². The molecular weight excluding hydrogens is 268 g/mol. The zero-order valence-electron chi connectivity index (χ0n) is 11.9. The topological polar surface area (TPSA) is 80.0 Å². The van der Waals surface area contributed by atoms with Crippen molar-refractivity contribution in [1.82, 2.24) is 15.5 Å². The van der Waals surface area contributed by atoms with Gasteiger partial charge in [-0.2, -0.15) is 4.98 Å². The first-order valence-electron chi connectivity index (χ1n) is 7.09. The molecule has 1 aromatic carbocycles. The first-order valence-corrected chi connectivity index (χ1v) is 7.09. The first-order chi connectivity index (χ1) is 10.2. The van der Waals surface area contributed by atoms with Crippen molar-refractivity contribution in [3.05, 3.63) is 41.7 Å². The van der Waals surface area contributed by atoms with Crippen LogP contribution < -0.4 is 10.6 Å². The number of carbonyl (C=O) groups excluding carboxylic acids is 1. The maximum Gasteiger partial charge on any atom is 0.328 e. The summed E-state index contributed by atoms with van der Waals surface area (Å²) in [4.78, 5) is 16.9. The van der Waals surface area contributed by atoms with Crippen LogP contribution in [0.15, 0.2) is 34.9 Å². The van der Waals surface area contributed by atoms with Gasteiger partial charge in [0, 0.05) is 0 Å². The van der Waals surface area contributed by atoms with Crippen LogP contribution >= 0.6 is 0 Å². The Bertz CT molecular complexity index is 618. The van der Waals surface area contributed by atoms with Gasteiger partial charge < -0.3 is 9.84 Å². The van der Waals surface area contributed by atoms with Crippen LogP contribution in [0, 0.1) is 6.92 Å². The van der Waals surface area contributed by atoms with Crippen molar-refractivity contribution in [1.29, 1.82) is 0 Å². The smallest absolute Gasteiger partial charge is 0.317 e. The molecule has 0 radical (unpaired) electrons. The number of nitrogens with one attached hydrogen (secondary N) is 2. The molecular formula is C15H18N4O2. The largest absolute Gasteiger partial charge is 0.328 e. The molecule has 1 aromatic heterocycles. The van der Waals surface area contributed by atoms with E-state index in [1.807, 2.05) is 30.3 Å². The summed E-state index contributed by atoms with van der Waals surface area (Å²) in [6, 6.07) is 10.0. The molecule has 0 aliphatic carbocycles. The van der Waals surface area contributed by atoms with Crippen molar-refractivity contribution < 1.29 is 9.32 Å². The monoisotopic (exact) mass is 286 g/mol. The fraction of sp³-hybridized carbons (Fsp3) is 0.400. The van der Waals surface area contributed by atoms with Crippen molar-refractivity contribution in [2.75, 3.05) is 18.4 Å². The van der Waals surface area contributed by atoms with Gasteiger partial charge in [0.2, 0.25) is 5.91 Å². The summed E-state index contributed by atoms with van der Waals surface area (Å²) in [7, 11) is 0. The second-order valence-corrected chi connectivity index (χ2v) is 5.30. The van der Waals surface area contributed by atoms with Crippen LogP contribution in [0.4, 0.5) is 6.01 Å². The lowest BCUT2D eigenvalue weighted by Crippen LogP contribution is -2.48. The van der Waals surface area contributed by atoms with Crippen molar-refractivity contribution >= 4 is 11.9 Å². The molecule has 0 unspecified atom stereocenters. The minimum Gasteiger partial charge on any atom is -0.317 e. The molecule has 6 nitrogen and oxygen atoms in total. The van der Waals surface area contributed by atoms with Gasteiger partial charge in [-0.15, -0.1) is 0 Å². The molecule has 2 N–H and O–H groups in total. The van der Waals surface area contributed by atoms with Gasteiger partial charge in [0.25, 0.3) is 0 Å². The van der Waals surface area contributed by atoms with Gasteiger partial charge in [-0.05, 0) is 38.4 Å². The molecule has 2 aromatic rings. The lowest BCUT2D eigenvalue weighted by Gasteiger charge is -2.36. The minimum atomic E-state index is -0.547. The molecule has 1 fully saturated rings. The molecule has 6 heteroatoms. The van der Waals surface area contributed by atoms with Crippen LogP contribution in [0.5, 0.6) is 0 Å². The van der Waals surface area contributed by atoms with Gasteiger partial charge in [-0.25, -0.2) is 0 Å². The third-order valence-electron chi connectivity index (χ3n) is 3.97. The Balaban J connectivity index is 1.90. The predicted molar refractivity (Wildman–Crippen MR) is 77.9 cm³/mol. The van der Waals surface area contributed by atoms with E-state index >= 15 is 0 Å². The molecule has 1 amide bonds. The highest BCUT2D eigenvalue weighted by Crippen LogP contribution is 2.34. The average molecular weight is 286 g/mol. The molecule has 0 atom stereocenters. The number of anilines is 1. The highest BCUT2D eigenvalue weighted by molar-refractivity contribution is 5.98. The third-order valence-corrected chi connectivity index (χ3v) is 3.97. The van der Waals surface area contributed by atoms with E-state index in [-0.39, 0.29) is 11.9 Å². The third kappa shape index (κ3) is 2.67. The number of hydrogen-bond donors (Lipinski definition) is 2. The number of hydrogen-bond acceptors (Lipinski definition) is 5. The van der Waals surface area contributed by atoms with Crippen LogP contribution in [0.3, 0.4) is 0 Å². The Kier molecular flexibility index (Phi) is 3.70. The first kappa shape index (κ1) is 13.8. The molecule has 1 aliphatic heterocycles. The van der Waals surface area contributed by atoms with E-state index in [1.54, 1.807) is 6.92 Å². The highest BCUT2D eigenvalue weighted by atomic mass is 16.5. The highest BCUT2D eigenvalue weighted by Gasteiger charge is 2.41. The minimum absolute atomic E-state index is 0.0844. The molecule has 21 heavy (non-hydrogen) atoms. The zero-order valence-corrected chi connectivity index (χ0v) is 11.9. The van der Waals surface area contributed by atoms with E-state index in [4.69, 9.17) is 4.52 Å². The number of piperidine rings is 1. The SMILES string of the molecule is Cc1noc(NC(=O)C2(c3ccccc3)CCNCC2)n1. The van der Waals surface area contributed by atoms with E-state index in [0.717, 1.165) is 31.5 Å². The zero-order chi connectivity index (χ0) is 14.7. The van der Waals surface area contributed by atoms with Crippen molar-refractivity contribution in [2.24, 2.45) is 0 Å². The van der Waals surface area contributed by atoms with Crippen LogP contribution in [-0.4, -0.2) is 29.1 Å². The molecule has 1 saturated heterocycles. The number of benzene rings is 1. The number of carbonyl (C=O) groups is 1. The molecule has 2 heterocycles. The summed E-state index contributed by atoms with van der Waals surface area (Å²) < 4.78 is 5.00. The Labute approximate surface area is 122 Å². The number of aryl methyl sites for hydroxylation is 1. The number of amides is 1. The van der Waals surface area contributed by atoms with Gasteiger partial charge in [0.15, 0.2) is 5.82 Å². The molecule has 0 spiro atoms. The summed E-state index contributed by atoms with van der Waals surface area (Å²) in [5.74, 6) is 0.420. The Morgan fingerprint density at radius 1 is 1.29 bits per heavy atom. The standard InChI is InChI=1S/C15H18N4O2/c1-11-17-14(21-19-11)18-13(20)15(7-9-16-10-8-15)12-5-3-2-4-6-12/h2-6,16H,7-10H2,1H3,(H,17,18,19,20). The summed E-state index contributed by atoms with van der Waals surface area (Å²) in [6.07, 6.45) is 1.49. The van der Waals surface area contributed by atoms with E-state index in [9.17, 15) is 4.79 Å². The quantitative estimate of drug-likeness (QED) is 0.896. The van der Waals surface area contributed by atoms with E-state index in [2.05, 4.69) is 20.8 Å². The average Bonchev–Trinajstić information content (AvgIpc) is 2.94. The second kappa shape index (κ2) is 5.65.